The number of carbonyl (C=O) groups excluding carboxylic acids is 2. The normalized spacial score (nSPS) is 31.7. The Hall–Kier alpha value is -1.27. The lowest BCUT2D eigenvalue weighted by molar-refractivity contribution is -0.185. The molecule has 1 heterocycles. The van der Waals surface area contributed by atoms with Gasteiger partial charge < -0.3 is 9.64 Å². The third-order valence-corrected chi connectivity index (χ3v) is 3.80. The molecule has 19 heavy (non-hydrogen) atoms. The monoisotopic (exact) mass is 279 g/mol. The molecule has 7 heteroatoms. The standard InChI is InChI=1S/C12H16F3NO3/c1-11(5-12(14,15)6-11)10(18)16-4-7(13)3-8(16)9(17)19-2/h7-8H,3-6H2,1-2H3/t7-,8+/m1/s1. The van der Waals surface area contributed by atoms with Gasteiger partial charge in [-0.3, -0.25) is 4.79 Å². The molecule has 2 fully saturated rings. The van der Waals surface area contributed by atoms with Gasteiger partial charge in [-0.1, -0.05) is 6.92 Å². The third-order valence-electron chi connectivity index (χ3n) is 3.80. The highest BCUT2D eigenvalue weighted by atomic mass is 19.3. The van der Waals surface area contributed by atoms with Crippen molar-refractivity contribution in [3.05, 3.63) is 0 Å². The Balaban J connectivity index is 2.12. The van der Waals surface area contributed by atoms with Crippen molar-refractivity contribution in [1.29, 1.82) is 0 Å². The molecule has 2 atom stereocenters. The van der Waals surface area contributed by atoms with Crippen LogP contribution < -0.4 is 0 Å². The van der Waals surface area contributed by atoms with Crippen LogP contribution in [0, 0.1) is 5.41 Å². The molecule has 0 aromatic heterocycles. The number of rotatable bonds is 2. The van der Waals surface area contributed by atoms with Crippen molar-refractivity contribution in [1.82, 2.24) is 4.90 Å². The van der Waals surface area contributed by atoms with Gasteiger partial charge in [0.15, 0.2) is 0 Å². The molecule has 2 aliphatic rings. The zero-order valence-electron chi connectivity index (χ0n) is 10.8. The highest BCUT2D eigenvalue weighted by molar-refractivity contribution is 5.89. The summed E-state index contributed by atoms with van der Waals surface area (Å²) in [5.74, 6) is -4.14. The molecule has 2 rings (SSSR count). The summed E-state index contributed by atoms with van der Waals surface area (Å²) in [6.07, 6.45) is -2.57. The Bertz CT molecular complexity index is 405. The second-order valence-corrected chi connectivity index (χ2v) is 5.60. The van der Waals surface area contributed by atoms with E-state index in [9.17, 15) is 22.8 Å². The number of amides is 1. The smallest absolute Gasteiger partial charge is 0.328 e. The average Bonchev–Trinajstić information content (AvgIpc) is 2.66. The van der Waals surface area contributed by atoms with Crippen molar-refractivity contribution in [3.8, 4) is 0 Å². The topological polar surface area (TPSA) is 46.6 Å². The molecule has 1 aliphatic heterocycles. The molecular weight excluding hydrogens is 263 g/mol. The number of halogens is 3. The predicted octanol–water partition coefficient (Wildman–Crippen LogP) is 1.53. The number of hydrogen-bond acceptors (Lipinski definition) is 3. The van der Waals surface area contributed by atoms with E-state index in [1.54, 1.807) is 0 Å². The van der Waals surface area contributed by atoms with Crippen LogP contribution in [-0.4, -0.2) is 48.6 Å². The van der Waals surface area contributed by atoms with Gasteiger partial charge in [-0.25, -0.2) is 18.0 Å². The Morgan fingerprint density at radius 1 is 1.32 bits per heavy atom. The number of carbonyl (C=O) groups is 2. The Kier molecular flexibility index (Phi) is 3.26. The number of hydrogen-bond donors (Lipinski definition) is 0. The van der Waals surface area contributed by atoms with Gasteiger partial charge in [-0.05, 0) is 0 Å². The number of nitrogens with zero attached hydrogens (tertiary/aromatic N) is 1. The zero-order chi connectivity index (χ0) is 14.4. The van der Waals surface area contributed by atoms with Crippen LogP contribution in [-0.2, 0) is 14.3 Å². The van der Waals surface area contributed by atoms with Gasteiger partial charge in [-0.15, -0.1) is 0 Å². The summed E-state index contributed by atoms with van der Waals surface area (Å²) in [6.45, 7) is 1.19. The van der Waals surface area contributed by atoms with Gasteiger partial charge in [0, 0.05) is 19.3 Å². The minimum atomic E-state index is -2.85. The summed E-state index contributed by atoms with van der Waals surface area (Å²) in [5, 5.41) is 0. The molecule has 1 aliphatic carbocycles. The Labute approximate surface area is 108 Å². The first kappa shape index (κ1) is 14.1. The van der Waals surface area contributed by atoms with E-state index in [1.807, 2.05) is 0 Å². The molecule has 0 bridgehead atoms. The SMILES string of the molecule is COC(=O)[C@@H]1C[C@@H](F)CN1C(=O)C1(C)CC(F)(F)C1. The minimum Gasteiger partial charge on any atom is -0.467 e. The minimum absolute atomic E-state index is 0.134. The molecule has 0 N–H and O–H groups in total. The molecule has 0 unspecified atom stereocenters. The van der Waals surface area contributed by atoms with Crippen LogP contribution >= 0.6 is 0 Å². The van der Waals surface area contributed by atoms with Crippen LogP contribution in [0.4, 0.5) is 13.2 Å². The quantitative estimate of drug-likeness (QED) is 0.720. The summed E-state index contributed by atoms with van der Waals surface area (Å²) in [6, 6.07) is -1.00. The maximum absolute atomic E-state index is 13.4. The molecule has 0 spiro atoms. The van der Waals surface area contributed by atoms with Crippen LogP contribution in [0.2, 0.25) is 0 Å². The van der Waals surface area contributed by atoms with E-state index < -0.39 is 48.3 Å². The lowest BCUT2D eigenvalue weighted by Gasteiger charge is -2.45. The number of esters is 1. The van der Waals surface area contributed by atoms with Crippen LogP contribution in [0.5, 0.6) is 0 Å². The fourth-order valence-electron chi connectivity index (χ4n) is 2.96. The number of ether oxygens (including phenoxy) is 1. The van der Waals surface area contributed by atoms with E-state index >= 15 is 0 Å². The van der Waals surface area contributed by atoms with Gasteiger partial charge in [0.1, 0.15) is 12.2 Å². The Morgan fingerprint density at radius 2 is 1.89 bits per heavy atom. The van der Waals surface area contributed by atoms with E-state index in [2.05, 4.69) is 4.74 Å². The summed E-state index contributed by atoms with van der Waals surface area (Å²) >= 11 is 0. The molecule has 1 saturated heterocycles. The van der Waals surface area contributed by atoms with Crippen molar-refractivity contribution in [2.24, 2.45) is 5.41 Å². The first-order chi connectivity index (χ1) is 8.68. The van der Waals surface area contributed by atoms with E-state index in [1.165, 1.54) is 6.92 Å². The molecule has 1 amide bonds. The second kappa shape index (κ2) is 4.38. The van der Waals surface area contributed by atoms with E-state index in [-0.39, 0.29) is 13.0 Å². The van der Waals surface area contributed by atoms with Crippen molar-refractivity contribution in [2.45, 2.75) is 44.3 Å². The van der Waals surface area contributed by atoms with Crippen molar-refractivity contribution >= 4 is 11.9 Å². The molecule has 1 saturated carbocycles. The second-order valence-electron chi connectivity index (χ2n) is 5.60. The van der Waals surface area contributed by atoms with Crippen molar-refractivity contribution < 1.29 is 27.5 Å². The van der Waals surface area contributed by atoms with Gasteiger partial charge in [0.2, 0.25) is 11.8 Å². The fourth-order valence-corrected chi connectivity index (χ4v) is 2.96. The molecule has 108 valence electrons. The van der Waals surface area contributed by atoms with Crippen LogP contribution in [0.25, 0.3) is 0 Å². The van der Waals surface area contributed by atoms with Gasteiger partial charge in [0.25, 0.3) is 0 Å². The third kappa shape index (κ3) is 2.42. The first-order valence-corrected chi connectivity index (χ1v) is 6.09. The van der Waals surface area contributed by atoms with Gasteiger partial charge in [-0.2, -0.15) is 0 Å². The lowest BCUT2D eigenvalue weighted by Crippen LogP contribution is -2.56. The van der Waals surface area contributed by atoms with Crippen LogP contribution in [0.1, 0.15) is 26.2 Å². The number of methoxy groups -OCH3 is 1. The zero-order valence-corrected chi connectivity index (χ0v) is 10.8. The van der Waals surface area contributed by atoms with E-state index in [4.69, 9.17) is 0 Å². The van der Waals surface area contributed by atoms with Crippen LogP contribution in [0.3, 0.4) is 0 Å². The largest absolute Gasteiger partial charge is 0.467 e. The molecule has 0 radical (unpaired) electrons. The molecule has 0 aromatic carbocycles. The van der Waals surface area contributed by atoms with Crippen molar-refractivity contribution in [3.63, 3.8) is 0 Å². The van der Waals surface area contributed by atoms with Gasteiger partial charge in [0.05, 0.1) is 19.1 Å². The van der Waals surface area contributed by atoms with Crippen molar-refractivity contribution in [2.75, 3.05) is 13.7 Å². The van der Waals surface area contributed by atoms with E-state index in [0.29, 0.717) is 0 Å². The number of alkyl halides is 3. The maximum Gasteiger partial charge on any atom is 0.328 e. The molecular formula is C12H16F3NO3. The predicted molar refractivity (Wildman–Crippen MR) is 59.3 cm³/mol. The first-order valence-electron chi connectivity index (χ1n) is 6.09. The summed E-state index contributed by atoms with van der Waals surface area (Å²) in [7, 11) is 1.15. The summed E-state index contributed by atoms with van der Waals surface area (Å²) < 4.78 is 43.8. The average molecular weight is 279 g/mol. The summed E-state index contributed by atoms with van der Waals surface area (Å²) in [5.41, 5.74) is -1.21. The van der Waals surface area contributed by atoms with Crippen LogP contribution in [0.15, 0.2) is 0 Å². The summed E-state index contributed by atoms with van der Waals surface area (Å²) in [4.78, 5) is 24.8. The highest BCUT2D eigenvalue weighted by Crippen LogP contribution is 2.53. The lowest BCUT2D eigenvalue weighted by atomic mass is 9.66. The number of likely N-dealkylation sites (tertiary alicyclic amines) is 1. The maximum atomic E-state index is 13.4. The molecule has 4 nitrogen and oxygen atoms in total. The fraction of sp³-hybridized carbons (Fsp3) is 0.833. The van der Waals surface area contributed by atoms with E-state index in [0.717, 1.165) is 12.0 Å². The molecule has 0 aromatic rings. The van der Waals surface area contributed by atoms with Gasteiger partial charge >= 0.3 is 5.97 Å². The highest BCUT2D eigenvalue weighted by Gasteiger charge is 2.60. The Morgan fingerprint density at radius 3 is 2.37 bits per heavy atom.